The average Bonchev–Trinajstić information content (AvgIpc) is 2.67. The largest absolute Gasteiger partial charge is 0.508 e. The minimum absolute atomic E-state index is 0. The molecule has 7 nitrogen and oxygen atoms in total. The van der Waals surface area contributed by atoms with Crippen molar-refractivity contribution in [3.05, 3.63) is 53.8 Å². The Kier molecular flexibility index (Phi) is 10.2. The molecule has 0 heterocycles. The van der Waals surface area contributed by atoms with Gasteiger partial charge in [0.2, 0.25) is 5.91 Å². The molecule has 158 valence electrons. The molecule has 29 heavy (non-hydrogen) atoms. The number of hydrogen-bond acceptors (Lipinski definition) is 4. The number of phenols is 1. The first-order valence-electron chi connectivity index (χ1n) is 8.83. The maximum absolute atomic E-state index is 13.9. The van der Waals surface area contributed by atoms with E-state index in [9.17, 15) is 14.3 Å². The van der Waals surface area contributed by atoms with Gasteiger partial charge in [-0.1, -0.05) is 6.07 Å². The minimum atomic E-state index is -0.427. The third-order valence-electron chi connectivity index (χ3n) is 3.86. The molecule has 1 amide bonds. The number of halogens is 2. The SMILES string of the molecule is CCNC(=NCC(=O)Nc1ccc(O)cc1)N(C)Cc1ccc(OC)c(F)c1.I. The molecule has 2 aromatic rings. The number of guanidine groups is 1. The summed E-state index contributed by atoms with van der Waals surface area (Å²) >= 11 is 0. The first-order chi connectivity index (χ1) is 13.4. The summed E-state index contributed by atoms with van der Waals surface area (Å²) in [5, 5.41) is 15.1. The van der Waals surface area contributed by atoms with E-state index in [1.165, 1.54) is 25.3 Å². The van der Waals surface area contributed by atoms with Crippen LogP contribution in [0.15, 0.2) is 47.5 Å². The molecule has 0 aliphatic heterocycles. The number of hydrogen-bond donors (Lipinski definition) is 3. The van der Waals surface area contributed by atoms with Crippen molar-refractivity contribution in [2.24, 2.45) is 4.99 Å². The predicted octanol–water partition coefficient (Wildman–Crippen LogP) is 3.19. The number of benzene rings is 2. The number of methoxy groups -OCH3 is 1. The van der Waals surface area contributed by atoms with Gasteiger partial charge in [-0.2, -0.15) is 0 Å². The number of rotatable bonds is 7. The van der Waals surface area contributed by atoms with E-state index in [0.29, 0.717) is 24.7 Å². The van der Waals surface area contributed by atoms with Gasteiger partial charge in [0.15, 0.2) is 17.5 Å². The van der Waals surface area contributed by atoms with Crippen LogP contribution in [0.1, 0.15) is 12.5 Å². The Morgan fingerprint density at radius 2 is 1.93 bits per heavy atom. The van der Waals surface area contributed by atoms with Gasteiger partial charge in [-0.05, 0) is 48.9 Å². The van der Waals surface area contributed by atoms with E-state index in [-0.39, 0.29) is 47.9 Å². The molecule has 0 aromatic heterocycles. The van der Waals surface area contributed by atoms with E-state index in [1.807, 2.05) is 14.0 Å². The Morgan fingerprint density at radius 1 is 1.24 bits per heavy atom. The van der Waals surface area contributed by atoms with Crippen LogP contribution in [-0.4, -0.2) is 49.1 Å². The lowest BCUT2D eigenvalue weighted by Crippen LogP contribution is -2.39. The second-order valence-corrected chi connectivity index (χ2v) is 6.09. The van der Waals surface area contributed by atoms with E-state index in [4.69, 9.17) is 4.74 Å². The third-order valence-corrected chi connectivity index (χ3v) is 3.86. The van der Waals surface area contributed by atoms with Crippen LogP contribution in [0.4, 0.5) is 10.1 Å². The number of phenolic OH excluding ortho intramolecular Hbond substituents is 1. The molecule has 0 unspecified atom stereocenters. The second-order valence-electron chi connectivity index (χ2n) is 6.09. The highest BCUT2D eigenvalue weighted by atomic mass is 127. The van der Waals surface area contributed by atoms with Crippen molar-refractivity contribution in [3.63, 3.8) is 0 Å². The van der Waals surface area contributed by atoms with Crippen molar-refractivity contribution < 1.29 is 19.0 Å². The molecule has 2 rings (SSSR count). The summed E-state index contributed by atoms with van der Waals surface area (Å²) in [5.74, 6) is 0.133. The molecule has 0 radical (unpaired) electrons. The minimum Gasteiger partial charge on any atom is -0.508 e. The molecule has 2 aromatic carbocycles. The van der Waals surface area contributed by atoms with Crippen molar-refractivity contribution >= 4 is 41.5 Å². The van der Waals surface area contributed by atoms with Crippen molar-refractivity contribution in [3.8, 4) is 11.5 Å². The summed E-state index contributed by atoms with van der Waals surface area (Å²) in [6, 6.07) is 11.0. The van der Waals surface area contributed by atoms with E-state index in [0.717, 1.165) is 5.56 Å². The van der Waals surface area contributed by atoms with Crippen LogP contribution in [0.25, 0.3) is 0 Å². The first-order valence-corrected chi connectivity index (χ1v) is 8.83. The zero-order chi connectivity index (χ0) is 20.5. The topological polar surface area (TPSA) is 86.2 Å². The maximum Gasteiger partial charge on any atom is 0.246 e. The Morgan fingerprint density at radius 3 is 2.52 bits per heavy atom. The Labute approximate surface area is 187 Å². The fourth-order valence-electron chi connectivity index (χ4n) is 2.52. The number of nitrogens with zero attached hydrogens (tertiary/aromatic N) is 2. The molecular formula is C20H26FIN4O3. The second kappa shape index (κ2) is 12.1. The number of anilines is 1. The predicted molar refractivity (Wildman–Crippen MR) is 123 cm³/mol. The highest BCUT2D eigenvalue weighted by Gasteiger charge is 2.10. The summed E-state index contributed by atoms with van der Waals surface area (Å²) in [6.07, 6.45) is 0. The summed E-state index contributed by atoms with van der Waals surface area (Å²) in [6.45, 7) is 2.88. The number of nitrogens with one attached hydrogen (secondary N) is 2. The first kappa shape index (κ1) is 24.5. The number of amides is 1. The molecule has 0 saturated carbocycles. The molecular weight excluding hydrogens is 490 g/mol. The quantitative estimate of drug-likeness (QED) is 0.228. The summed E-state index contributed by atoms with van der Waals surface area (Å²) in [7, 11) is 3.23. The molecule has 0 bridgehead atoms. The highest BCUT2D eigenvalue weighted by Crippen LogP contribution is 2.18. The van der Waals surface area contributed by atoms with Gasteiger partial charge in [-0.25, -0.2) is 9.38 Å². The van der Waals surface area contributed by atoms with Gasteiger partial charge in [-0.15, -0.1) is 24.0 Å². The third kappa shape index (κ3) is 7.76. The Bertz CT molecular complexity index is 831. The molecule has 0 aliphatic carbocycles. The number of aromatic hydroxyl groups is 1. The summed E-state index contributed by atoms with van der Waals surface area (Å²) in [5.41, 5.74) is 1.32. The van der Waals surface area contributed by atoms with Gasteiger partial charge >= 0.3 is 0 Å². The molecule has 0 aliphatic rings. The fraction of sp³-hybridized carbons (Fsp3) is 0.300. The smallest absolute Gasteiger partial charge is 0.246 e. The van der Waals surface area contributed by atoms with E-state index in [1.54, 1.807) is 29.2 Å². The number of ether oxygens (including phenoxy) is 1. The lowest BCUT2D eigenvalue weighted by Gasteiger charge is -2.22. The highest BCUT2D eigenvalue weighted by molar-refractivity contribution is 14.0. The normalized spacial score (nSPS) is 10.7. The van der Waals surface area contributed by atoms with Gasteiger partial charge in [0.1, 0.15) is 12.3 Å². The Hall–Kier alpha value is -2.56. The van der Waals surface area contributed by atoms with E-state index < -0.39 is 5.82 Å². The molecule has 0 saturated heterocycles. The zero-order valence-corrected chi connectivity index (χ0v) is 18.9. The molecule has 0 spiro atoms. The lowest BCUT2D eigenvalue weighted by molar-refractivity contribution is -0.114. The van der Waals surface area contributed by atoms with Crippen molar-refractivity contribution in [1.82, 2.24) is 10.2 Å². The number of aliphatic imine (C=N–C) groups is 1. The van der Waals surface area contributed by atoms with E-state index >= 15 is 0 Å². The monoisotopic (exact) mass is 516 g/mol. The average molecular weight is 516 g/mol. The number of carbonyl (C=O) groups excluding carboxylic acids is 1. The van der Waals surface area contributed by atoms with Gasteiger partial charge in [0.05, 0.1) is 7.11 Å². The van der Waals surface area contributed by atoms with Gasteiger partial charge in [-0.3, -0.25) is 4.79 Å². The van der Waals surface area contributed by atoms with Crippen LogP contribution >= 0.6 is 24.0 Å². The Balaban J connectivity index is 0.00000420. The van der Waals surface area contributed by atoms with Crippen LogP contribution in [0.3, 0.4) is 0 Å². The van der Waals surface area contributed by atoms with Crippen molar-refractivity contribution in [2.75, 3.05) is 32.6 Å². The zero-order valence-electron chi connectivity index (χ0n) is 16.6. The van der Waals surface area contributed by atoms with Crippen LogP contribution < -0.4 is 15.4 Å². The van der Waals surface area contributed by atoms with Crippen LogP contribution in [-0.2, 0) is 11.3 Å². The number of carbonyl (C=O) groups is 1. The van der Waals surface area contributed by atoms with E-state index in [2.05, 4.69) is 15.6 Å². The van der Waals surface area contributed by atoms with Crippen LogP contribution in [0.2, 0.25) is 0 Å². The maximum atomic E-state index is 13.9. The van der Waals surface area contributed by atoms with Crippen LogP contribution in [0.5, 0.6) is 11.5 Å². The van der Waals surface area contributed by atoms with Gasteiger partial charge < -0.3 is 25.4 Å². The molecule has 9 heteroatoms. The molecule has 3 N–H and O–H groups in total. The molecule has 0 atom stereocenters. The fourth-order valence-corrected chi connectivity index (χ4v) is 2.52. The summed E-state index contributed by atoms with van der Waals surface area (Å²) in [4.78, 5) is 18.2. The van der Waals surface area contributed by atoms with Crippen molar-refractivity contribution in [2.45, 2.75) is 13.5 Å². The van der Waals surface area contributed by atoms with Gasteiger partial charge in [0.25, 0.3) is 0 Å². The van der Waals surface area contributed by atoms with Crippen molar-refractivity contribution in [1.29, 1.82) is 0 Å². The standard InChI is InChI=1S/C20H25FN4O3.HI/c1-4-22-20(23-12-19(27)24-15-6-8-16(26)9-7-15)25(2)13-14-5-10-18(28-3)17(21)11-14;/h5-11,26H,4,12-13H2,1-3H3,(H,22,23)(H,24,27);1H. The molecule has 0 fully saturated rings. The summed E-state index contributed by atoms with van der Waals surface area (Å²) < 4.78 is 18.8. The van der Waals surface area contributed by atoms with Gasteiger partial charge in [0, 0.05) is 25.8 Å². The lowest BCUT2D eigenvalue weighted by atomic mass is 10.2. The van der Waals surface area contributed by atoms with Crippen LogP contribution in [0, 0.1) is 5.82 Å².